The quantitative estimate of drug-likeness (QED) is 0.739. The number of sulfonamides is 1. The number of carbonyl (C=O) groups excluding carboxylic acids is 1. The van der Waals surface area contributed by atoms with Crippen molar-refractivity contribution in [1.29, 1.82) is 0 Å². The van der Waals surface area contributed by atoms with Crippen LogP contribution in [0.25, 0.3) is 0 Å². The van der Waals surface area contributed by atoms with E-state index in [0.29, 0.717) is 34.3 Å². The topological polar surface area (TPSA) is 66.5 Å². The Bertz CT molecular complexity index is 1000. The fraction of sp³-hybridized carbons (Fsp3) is 0.350. The van der Waals surface area contributed by atoms with E-state index in [4.69, 9.17) is 23.2 Å². The summed E-state index contributed by atoms with van der Waals surface area (Å²) in [6, 6.07) is 9.40. The van der Waals surface area contributed by atoms with E-state index in [2.05, 4.69) is 5.32 Å². The van der Waals surface area contributed by atoms with Crippen molar-refractivity contribution in [3.63, 3.8) is 0 Å². The molecule has 2 aromatic rings. The van der Waals surface area contributed by atoms with Crippen LogP contribution >= 0.6 is 23.2 Å². The van der Waals surface area contributed by atoms with Crippen molar-refractivity contribution in [2.45, 2.75) is 37.6 Å². The predicted molar refractivity (Wildman–Crippen MR) is 112 cm³/mol. The fourth-order valence-electron chi connectivity index (χ4n) is 3.29. The van der Waals surface area contributed by atoms with Gasteiger partial charge in [-0.1, -0.05) is 35.3 Å². The van der Waals surface area contributed by atoms with Crippen molar-refractivity contribution in [3.05, 3.63) is 63.1 Å². The van der Waals surface area contributed by atoms with Gasteiger partial charge in [0, 0.05) is 28.7 Å². The van der Waals surface area contributed by atoms with Gasteiger partial charge >= 0.3 is 0 Å². The molecule has 1 atom stereocenters. The van der Waals surface area contributed by atoms with Crippen LogP contribution in [-0.2, 0) is 10.0 Å². The van der Waals surface area contributed by atoms with Crippen LogP contribution in [-0.4, -0.2) is 31.7 Å². The third kappa shape index (κ3) is 4.35. The average Bonchev–Trinajstić information content (AvgIpc) is 3.17. The predicted octanol–water partition coefficient (Wildman–Crippen LogP) is 4.58. The molecule has 1 saturated heterocycles. The van der Waals surface area contributed by atoms with Crippen LogP contribution in [0.5, 0.6) is 0 Å². The van der Waals surface area contributed by atoms with E-state index >= 15 is 0 Å². The zero-order chi connectivity index (χ0) is 20.5. The standard InChI is InChI=1S/C20H22Cl2N2O3S/c1-13-5-7-16(28(26,27)24-9-3-4-10-24)12-18(13)20(25)23-14(2)17-8-6-15(21)11-19(17)22/h5-8,11-12,14H,3-4,9-10H2,1-2H3,(H,23,25)/t14-/m1/s1. The summed E-state index contributed by atoms with van der Waals surface area (Å²) in [4.78, 5) is 13.0. The highest BCUT2D eigenvalue weighted by atomic mass is 35.5. The van der Waals surface area contributed by atoms with Crippen LogP contribution in [0.4, 0.5) is 0 Å². The van der Waals surface area contributed by atoms with E-state index in [-0.39, 0.29) is 16.8 Å². The maximum absolute atomic E-state index is 12.8. The lowest BCUT2D eigenvalue weighted by Gasteiger charge is -2.19. The number of halogens is 2. The number of amides is 1. The molecule has 1 aliphatic rings. The minimum Gasteiger partial charge on any atom is -0.345 e. The van der Waals surface area contributed by atoms with E-state index in [9.17, 15) is 13.2 Å². The normalized spacial score (nSPS) is 16.1. The number of rotatable bonds is 5. The number of nitrogens with one attached hydrogen (secondary N) is 1. The highest BCUT2D eigenvalue weighted by Crippen LogP contribution is 2.27. The molecule has 1 heterocycles. The summed E-state index contributed by atoms with van der Waals surface area (Å²) in [6.45, 7) is 4.63. The molecule has 1 aliphatic heterocycles. The van der Waals surface area contributed by atoms with Gasteiger partial charge in [0.25, 0.3) is 5.91 Å². The average molecular weight is 441 g/mol. The van der Waals surface area contributed by atoms with Gasteiger partial charge < -0.3 is 5.32 Å². The molecule has 0 aromatic heterocycles. The maximum Gasteiger partial charge on any atom is 0.252 e. The molecule has 1 fully saturated rings. The molecule has 150 valence electrons. The molecule has 0 bridgehead atoms. The van der Waals surface area contributed by atoms with Crippen LogP contribution in [0.2, 0.25) is 10.0 Å². The van der Waals surface area contributed by atoms with Crippen molar-refractivity contribution in [3.8, 4) is 0 Å². The van der Waals surface area contributed by atoms with E-state index in [1.807, 2.05) is 6.92 Å². The van der Waals surface area contributed by atoms with Crippen molar-refractivity contribution >= 4 is 39.1 Å². The van der Waals surface area contributed by atoms with Crippen molar-refractivity contribution in [1.82, 2.24) is 9.62 Å². The van der Waals surface area contributed by atoms with E-state index in [0.717, 1.165) is 18.4 Å². The molecule has 0 saturated carbocycles. The zero-order valence-electron chi connectivity index (χ0n) is 15.7. The molecule has 0 spiro atoms. The molecular formula is C20H22Cl2N2O3S. The zero-order valence-corrected chi connectivity index (χ0v) is 18.0. The lowest BCUT2D eigenvalue weighted by Crippen LogP contribution is -2.30. The number of carbonyl (C=O) groups is 1. The number of nitrogens with zero attached hydrogens (tertiary/aromatic N) is 1. The van der Waals surface area contributed by atoms with Crippen LogP contribution in [0.3, 0.4) is 0 Å². The number of benzene rings is 2. The van der Waals surface area contributed by atoms with Gasteiger partial charge in [0.1, 0.15) is 0 Å². The Balaban J connectivity index is 1.85. The van der Waals surface area contributed by atoms with Crippen molar-refractivity contribution < 1.29 is 13.2 Å². The first-order valence-electron chi connectivity index (χ1n) is 9.07. The van der Waals surface area contributed by atoms with Crippen molar-refractivity contribution in [2.24, 2.45) is 0 Å². The molecule has 0 radical (unpaired) electrons. The van der Waals surface area contributed by atoms with Crippen LogP contribution in [0.1, 0.15) is 47.3 Å². The van der Waals surface area contributed by atoms with Gasteiger partial charge in [-0.15, -0.1) is 0 Å². The van der Waals surface area contributed by atoms with Gasteiger partial charge in [-0.05, 0) is 62.1 Å². The van der Waals surface area contributed by atoms with Crippen LogP contribution in [0, 0.1) is 6.92 Å². The minimum absolute atomic E-state index is 0.141. The van der Waals surface area contributed by atoms with E-state index in [1.54, 1.807) is 37.3 Å². The third-order valence-electron chi connectivity index (χ3n) is 4.93. The summed E-state index contributed by atoms with van der Waals surface area (Å²) in [6.07, 6.45) is 1.72. The first kappa shape index (κ1) is 21.1. The molecule has 2 aromatic carbocycles. The summed E-state index contributed by atoms with van der Waals surface area (Å²) in [5.41, 5.74) is 1.77. The first-order chi connectivity index (χ1) is 13.2. The Morgan fingerprint density at radius 3 is 2.43 bits per heavy atom. The monoisotopic (exact) mass is 440 g/mol. The molecule has 28 heavy (non-hydrogen) atoms. The summed E-state index contributed by atoms with van der Waals surface area (Å²) in [7, 11) is -3.59. The lowest BCUT2D eigenvalue weighted by atomic mass is 10.1. The second-order valence-corrected chi connectivity index (χ2v) is 9.73. The van der Waals surface area contributed by atoms with Gasteiger partial charge in [0.2, 0.25) is 10.0 Å². The molecule has 1 amide bonds. The summed E-state index contributed by atoms with van der Waals surface area (Å²) < 4.78 is 27.1. The van der Waals surface area contributed by atoms with Crippen molar-refractivity contribution in [2.75, 3.05) is 13.1 Å². The third-order valence-corrected chi connectivity index (χ3v) is 7.39. The van der Waals surface area contributed by atoms with Crippen LogP contribution < -0.4 is 5.32 Å². The molecule has 8 heteroatoms. The number of aryl methyl sites for hydroxylation is 1. The Morgan fingerprint density at radius 1 is 1.11 bits per heavy atom. The summed E-state index contributed by atoms with van der Waals surface area (Å²) in [5, 5.41) is 3.86. The summed E-state index contributed by atoms with van der Waals surface area (Å²) in [5.74, 6) is -0.352. The van der Waals surface area contributed by atoms with Gasteiger partial charge in [0.05, 0.1) is 10.9 Å². The highest BCUT2D eigenvalue weighted by Gasteiger charge is 2.28. The highest BCUT2D eigenvalue weighted by molar-refractivity contribution is 7.89. The Morgan fingerprint density at radius 2 is 1.79 bits per heavy atom. The number of hydrogen-bond acceptors (Lipinski definition) is 3. The largest absolute Gasteiger partial charge is 0.345 e. The van der Waals surface area contributed by atoms with Gasteiger partial charge in [0.15, 0.2) is 0 Å². The molecule has 3 rings (SSSR count). The second-order valence-electron chi connectivity index (χ2n) is 6.95. The van der Waals surface area contributed by atoms with Gasteiger partial charge in [-0.25, -0.2) is 8.42 Å². The van der Waals surface area contributed by atoms with E-state index < -0.39 is 10.0 Å². The summed E-state index contributed by atoms with van der Waals surface area (Å²) >= 11 is 12.1. The van der Waals surface area contributed by atoms with E-state index in [1.165, 1.54) is 10.4 Å². The second kappa shape index (κ2) is 8.41. The van der Waals surface area contributed by atoms with Gasteiger partial charge in [-0.2, -0.15) is 4.31 Å². The maximum atomic E-state index is 12.8. The SMILES string of the molecule is Cc1ccc(S(=O)(=O)N2CCCC2)cc1C(=O)N[C@H](C)c1ccc(Cl)cc1Cl. The molecule has 0 unspecified atom stereocenters. The molecule has 0 aliphatic carbocycles. The molecule has 5 nitrogen and oxygen atoms in total. The minimum atomic E-state index is -3.59. The number of hydrogen-bond donors (Lipinski definition) is 1. The molecular weight excluding hydrogens is 419 g/mol. The Hall–Kier alpha value is -1.60. The molecule has 1 N–H and O–H groups in total. The first-order valence-corrected chi connectivity index (χ1v) is 11.3. The Kier molecular flexibility index (Phi) is 6.34. The smallest absolute Gasteiger partial charge is 0.252 e. The van der Waals surface area contributed by atoms with Crippen LogP contribution in [0.15, 0.2) is 41.3 Å². The Labute approximate surface area is 175 Å². The van der Waals surface area contributed by atoms with Gasteiger partial charge in [-0.3, -0.25) is 4.79 Å². The lowest BCUT2D eigenvalue weighted by molar-refractivity contribution is 0.0939. The fourth-order valence-corrected chi connectivity index (χ4v) is 5.40.